The summed E-state index contributed by atoms with van der Waals surface area (Å²) in [7, 11) is 0. The van der Waals surface area contributed by atoms with E-state index in [4.69, 9.17) is 10.7 Å². The molecule has 2 N–H and O–H groups in total. The number of fused-ring (bicyclic) bond motifs is 1. The molecule has 102 valence electrons. The van der Waals surface area contributed by atoms with Gasteiger partial charge in [0.25, 0.3) is 0 Å². The van der Waals surface area contributed by atoms with Crippen LogP contribution in [-0.4, -0.2) is 16.1 Å². The van der Waals surface area contributed by atoms with Gasteiger partial charge in [-0.2, -0.15) is 0 Å². The van der Waals surface area contributed by atoms with E-state index in [9.17, 15) is 0 Å². The van der Waals surface area contributed by atoms with Crippen molar-refractivity contribution in [2.45, 2.75) is 51.5 Å². The van der Waals surface area contributed by atoms with Gasteiger partial charge in [-0.1, -0.05) is 12.5 Å². The molecule has 0 amide bonds. The van der Waals surface area contributed by atoms with Gasteiger partial charge in [0, 0.05) is 18.0 Å². The first-order valence-electron chi connectivity index (χ1n) is 7.26. The van der Waals surface area contributed by atoms with Gasteiger partial charge in [-0.25, -0.2) is 4.98 Å². The maximum absolute atomic E-state index is 6.07. The Hall–Kier alpha value is -1.35. The number of benzene rings is 1. The van der Waals surface area contributed by atoms with Crippen molar-refractivity contribution in [3.05, 3.63) is 29.6 Å². The van der Waals surface area contributed by atoms with Crippen LogP contribution in [0.3, 0.4) is 0 Å². The number of hydrogen-bond acceptors (Lipinski definition) is 2. The molecule has 0 saturated heterocycles. The van der Waals surface area contributed by atoms with Gasteiger partial charge in [0.2, 0.25) is 0 Å². The maximum atomic E-state index is 6.07. The zero-order valence-electron chi connectivity index (χ0n) is 12.1. The lowest BCUT2D eigenvalue weighted by atomic mass is 9.68. The van der Waals surface area contributed by atoms with E-state index in [1.807, 2.05) is 0 Å². The highest BCUT2D eigenvalue weighted by molar-refractivity contribution is 5.77. The van der Waals surface area contributed by atoms with Crippen molar-refractivity contribution in [2.24, 2.45) is 5.73 Å². The fourth-order valence-corrected chi connectivity index (χ4v) is 3.23. The summed E-state index contributed by atoms with van der Waals surface area (Å²) < 4.78 is 2.39. The predicted molar refractivity (Wildman–Crippen MR) is 79.4 cm³/mol. The Morgan fingerprint density at radius 2 is 2.11 bits per heavy atom. The molecule has 0 spiro atoms. The van der Waals surface area contributed by atoms with Crippen LogP contribution in [0.25, 0.3) is 11.0 Å². The Bertz CT molecular complexity index is 600. The molecular formula is C16H23N3. The fourth-order valence-electron chi connectivity index (χ4n) is 3.23. The highest BCUT2D eigenvalue weighted by Gasteiger charge is 2.42. The second-order valence-electron chi connectivity index (χ2n) is 6.23. The average Bonchev–Trinajstić information content (AvgIpc) is 2.66. The highest BCUT2D eigenvalue weighted by Crippen LogP contribution is 2.44. The van der Waals surface area contributed by atoms with E-state index in [-0.39, 0.29) is 5.41 Å². The minimum absolute atomic E-state index is 0.122. The van der Waals surface area contributed by atoms with Crippen LogP contribution in [0.2, 0.25) is 0 Å². The number of aromatic nitrogens is 2. The Morgan fingerprint density at radius 3 is 2.63 bits per heavy atom. The molecule has 0 bridgehead atoms. The summed E-state index contributed by atoms with van der Waals surface area (Å²) in [6.07, 6.45) is 3.63. The molecule has 0 radical (unpaired) electrons. The Labute approximate surface area is 114 Å². The standard InChI is InChI=1S/C16H23N3/c1-11(2)19-14-6-5-12(3)9-13(14)18-15(19)16(10-17)7-4-8-16/h5-6,9,11H,4,7-8,10,17H2,1-3H3. The van der Waals surface area contributed by atoms with Crippen LogP contribution in [0.1, 0.15) is 50.5 Å². The third-order valence-corrected chi connectivity index (χ3v) is 4.54. The Morgan fingerprint density at radius 1 is 1.37 bits per heavy atom. The van der Waals surface area contributed by atoms with E-state index < -0.39 is 0 Å². The van der Waals surface area contributed by atoms with Crippen molar-refractivity contribution < 1.29 is 0 Å². The Kier molecular flexibility index (Phi) is 2.90. The molecule has 0 atom stereocenters. The number of hydrogen-bond donors (Lipinski definition) is 1. The molecule has 3 rings (SSSR count). The predicted octanol–water partition coefficient (Wildman–Crippen LogP) is 3.31. The molecule has 1 saturated carbocycles. The summed E-state index contributed by atoms with van der Waals surface area (Å²) in [5, 5.41) is 0. The molecule has 1 aliphatic carbocycles. The lowest BCUT2D eigenvalue weighted by Crippen LogP contribution is -2.44. The molecule has 1 aliphatic rings. The summed E-state index contributed by atoms with van der Waals surface area (Å²) in [6, 6.07) is 6.97. The quantitative estimate of drug-likeness (QED) is 0.916. The van der Waals surface area contributed by atoms with Gasteiger partial charge in [0.15, 0.2) is 0 Å². The number of nitrogens with zero attached hydrogens (tertiary/aromatic N) is 2. The molecule has 2 aromatic rings. The maximum Gasteiger partial charge on any atom is 0.117 e. The molecule has 1 fully saturated rings. The third-order valence-electron chi connectivity index (χ3n) is 4.54. The molecule has 3 nitrogen and oxygen atoms in total. The lowest BCUT2D eigenvalue weighted by Gasteiger charge is -2.41. The lowest BCUT2D eigenvalue weighted by molar-refractivity contribution is 0.228. The number of nitrogens with two attached hydrogens (primary N) is 1. The average molecular weight is 257 g/mol. The van der Waals surface area contributed by atoms with Crippen molar-refractivity contribution in [3.63, 3.8) is 0 Å². The van der Waals surface area contributed by atoms with Gasteiger partial charge in [0.05, 0.1) is 11.0 Å². The van der Waals surface area contributed by atoms with E-state index in [1.54, 1.807) is 0 Å². The Balaban J connectivity index is 2.26. The smallest absolute Gasteiger partial charge is 0.117 e. The second-order valence-corrected chi connectivity index (χ2v) is 6.23. The van der Waals surface area contributed by atoms with Crippen LogP contribution in [0, 0.1) is 6.92 Å². The van der Waals surface area contributed by atoms with Gasteiger partial charge in [-0.3, -0.25) is 0 Å². The summed E-state index contributed by atoms with van der Waals surface area (Å²) in [5.41, 5.74) is 9.82. The topological polar surface area (TPSA) is 43.8 Å². The van der Waals surface area contributed by atoms with Crippen LogP contribution in [-0.2, 0) is 5.41 Å². The first kappa shape index (κ1) is 12.7. The van der Waals surface area contributed by atoms with Crippen LogP contribution >= 0.6 is 0 Å². The van der Waals surface area contributed by atoms with E-state index >= 15 is 0 Å². The summed E-state index contributed by atoms with van der Waals surface area (Å²) in [5.74, 6) is 1.21. The molecule has 19 heavy (non-hydrogen) atoms. The van der Waals surface area contributed by atoms with E-state index in [2.05, 4.69) is 43.5 Å². The number of rotatable bonds is 3. The van der Waals surface area contributed by atoms with E-state index in [0.29, 0.717) is 12.6 Å². The van der Waals surface area contributed by atoms with Crippen LogP contribution in [0.4, 0.5) is 0 Å². The van der Waals surface area contributed by atoms with E-state index in [0.717, 1.165) is 5.52 Å². The zero-order chi connectivity index (χ0) is 13.6. The summed E-state index contributed by atoms with van der Waals surface area (Å²) in [6.45, 7) is 7.29. The molecule has 1 aromatic carbocycles. The fraction of sp³-hybridized carbons (Fsp3) is 0.562. The minimum atomic E-state index is 0.122. The minimum Gasteiger partial charge on any atom is -0.329 e. The van der Waals surface area contributed by atoms with Gasteiger partial charge < -0.3 is 10.3 Å². The van der Waals surface area contributed by atoms with Gasteiger partial charge in [-0.15, -0.1) is 0 Å². The van der Waals surface area contributed by atoms with Gasteiger partial charge >= 0.3 is 0 Å². The highest BCUT2D eigenvalue weighted by atomic mass is 15.1. The van der Waals surface area contributed by atoms with Gasteiger partial charge in [-0.05, 0) is 51.3 Å². The molecule has 0 aliphatic heterocycles. The largest absolute Gasteiger partial charge is 0.329 e. The zero-order valence-corrected chi connectivity index (χ0v) is 12.1. The van der Waals surface area contributed by atoms with Crippen molar-refractivity contribution in [1.82, 2.24) is 9.55 Å². The van der Waals surface area contributed by atoms with Crippen molar-refractivity contribution in [3.8, 4) is 0 Å². The van der Waals surface area contributed by atoms with Crippen molar-refractivity contribution in [1.29, 1.82) is 0 Å². The monoisotopic (exact) mass is 257 g/mol. The molecule has 1 aromatic heterocycles. The number of imidazole rings is 1. The molecular weight excluding hydrogens is 234 g/mol. The third kappa shape index (κ3) is 1.79. The van der Waals surface area contributed by atoms with Crippen LogP contribution in [0.5, 0.6) is 0 Å². The molecule has 0 unspecified atom stereocenters. The molecule has 3 heteroatoms. The van der Waals surface area contributed by atoms with Crippen molar-refractivity contribution >= 4 is 11.0 Å². The summed E-state index contributed by atoms with van der Waals surface area (Å²) >= 11 is 0. The number of aryl methyl sites for hydroxylation is 1. The SMILES string of the molecule is Cc1ccc2c(c1)nc(C1(CN)CCC1)n2C(C)C. The van der Waals surface area contributed by atoms with Crippen LogP contribution < -0.4 is 5.73 Å². The summed E-state index contributed by atoms with van der Waals surface area (Å²) in [4.78, 5) is 4.94. The van der Waals surface area contributed by atoms with Crippen LogP contribution in [0.15, 0.2) is 18.2 Å². The first-order valence-corrected chi connectivity index (χ1v) is 7.26. The first-order chi connectivity index (χ1) is 9.07. The van der Waals surface area contributed by atoms with Gasteiger partial charge in [0.1, 0.15) is 5.82 Å². The van der Waals surface area contributed by atoms with Crippen molar-refractivity contribution in [2.75, 3.05) is 6.54 Å². The molecule has 1 heterocycles. The normalized spacial score (nSPS) is 17.9. The second kappa shape index (κ2) is 4.34. The van der Waals surface area contributed by atoms with E-state index in [1.165, 1.54) is 36.2 Å².